The molecule has 0 saturated carbocycles. The molecule has 1 aromatic heterocycles. The van der Waals surface area contributed by atoms with E-state index in [2.05, 4.69) is 9.59 Å². The van der Waals surface area contributed by atoms with E-state index in [0.29, 0.717) is 5.56 Å². The molecule has 0 radical (unpaired) electrons. The second kappa shape index (κ2) is 5.02. The lowest BCUT2D eigenvalue weighted by Gasteiger charge is -2.30. The van der Waals surface area contributed by atoms with Gasteiger partial charge in [0.15, 0.2) is 0 Å². The predicted octanol–water partition coefficient (Wildman–Crippen LogP) is 2.95. The van der Waals surface area contributed by atoms with Crippen molar-refractivity contribution in [3.63, 3.8) is 0 Å². The maximum absolute atomic E-state index is 12.5. The molecule has 0 aliphatic carbocycles. The molecule has 2 aromatic rings. The third kappa shape index (κ3) is 2.36. The van der Waals surface area contributed by atoms with E-state index in [9.17, 15) is 4.79 Å². The van der Waals surface area contributed by atoms with Crippen molar-refractivity contribution < 1.29 is 4.79 Å². The normalized spacial score (nSPS) is 11.4. The second-order valence-electron chi connectivity index (χ2n) is 4.86. The number of carbonyl (C=O) groups excluding carboxylic acids is 1. The van der Waals surface area contributed by atoms with Gasteiger partial charge in [0.05, 0.1) is 4.70 Å². The first-order chi connectivity index (χ1) is 8.50. The first-order valence-electron chi connectivity index (χ1n) is 6.05. The van der Waals surface area contributed by atoms with Crippen LogP contribution in [0.3, 0.4) is 0 Å². The summed E-state index contributed by atoms with van der Waals surface area (Å²) >= 11 is 1.34. The van der Waals surface area contributed by atoms with Crippen molar-refractivity contribution in [2.75, 3.05) is 0 Å². The van der Waals surface area contributed by atoms with Gasteiger partial charge in [-0.1, -0.05) is 4.49 Å². The molecular formula is C13H17N3OS. The monoisotopic (exact) mass is 263 g/mol. The van der Waals surface area contributed by atoms with Gasteiger partial charge in [-0.25, -0.2) is 0 Å². The molecule has 2 rings (SSSR count). The largest absolute Gasteiger partial charge is 0.334 e. The molecule has 0 bridgehead atoms. The Morgan fingerprint density at radius 3 is 2.50 bits per heavy atom. The van der Waals surface area contributed by atoms with Gasteiger partial charge in [0.25, 0.3) is 5.91 Å². The topological polar surface area (TPSA) is 46.1 Å². The van der Waals surface area contributed by atoms with Crippen LogP contribution >= 0.6 is 11.5 Å². The number of hydrogen-bond donors (Lipinski definition) is 0. The molecule has 1 aromatic carbocycles. The van der Waals surface area contributed by atoms with Gasteiger partial charge >= 0.3 is 0 Å². The zero-order chi connectivity index (χ0) is 13.3. The molecule has 0 aliphatic heterocycles. The molecular weight excluding hydrogens is 246 g/mol. The van der Waals surface area contributed by atoms with Gasteiger partial charge in [0.2, 0.25) is 0 Å². The number of aromatic nitrogens is 2. The van der Waals surface area contributed by atoms with E-state index in [1.54, 1.807) is 0 Å². The standard InChI is InChI=1S/C13H17N3OS/c1-8(2)16(9(3)4)13(17)10-5-6-12-11(7-10)14-15-18-12/h5-9H,1-4H3. The second-order valence-corrected chi connectivity index (χ2v) is 5.64. The molecule has 0 aliphatic rings. The van der Waals surface area contributed by atoms with Crippen LogP contribution in [0.15, 0.2) is 18.2 Å². The quantitative estimate of drug-likeness (QED) is 0.855. The number of nitrogens with zero attached hydrogens (tertiary/aromatic N) is 3. The molecule has 0 unspecified atom stereocenters. The van der Waals surface area contributed by atoms with Crippen LogP contribution in [0.5, 0.6) is 0 Å². The Balaban J connectivity index is 2.37. The molecule has 1 amide bonds. The highest BCUT2D eigenvalue weighted by Crippen LogP contribution is 2.19. The highest BCUT2D eigenvalue weighted by Gasteiger charge is 2.21. The highest BCUT2D eigenvalue weighted by atomic mass is 32.1. The molecule has 96 valence electrons. The van der Waals surface area contributed by atoms with E-state index >= 15 is 0 Å². The fraction of sp³-hybridized carbons (Fsp3) is 0.462. The lowest BCUT2D eigenvalue weighted by atomic mass is 10.1. The first kappa shape index (κ1) is 13.0. The summed E-state index contributed by atoms with van der Waals surface area (Å²) in [5.74, 6) is 0.0508. The van der Waals surface area contributed by atoms with Gasteiger partial charge in [-0.2, -0.15) is 0 Å². The van der Waals surface area contributed by atoms with Gasteiger partial charge in [0, 0.05) is 17.6 Å². The van der Waals surface area contributed by atoms with Crippen LogP contribution in [-0.4, -0.2) is 32.5 Å². The van der Waals surface area contributed by atoms with Crippen LogP contribution in [0, 0.1) is 0 Å². The average molecular weight is 263 g/mol. The van der Waals surface area contributed by atoms with Crippen LogP contribution in [0.2, 0.25) is 0 Å². The Morgan fingerprint density at radius 2 is 1.89 bits per heavy atom. The first-order valence-corrected chi connectivity index (χ1v) is 6.83. The Bertz CT molecular complexity index is 554. The summed E-state index contributed by atoms with van der Waals surface area (Å²) in [7, 11) is 0. The third-order valence-electron chi connectivity index (χ3n) is 2.84. The van der Waals surface area contributed by atoms with E-state index in [-0.39, 0.29) is 18.0 Å². The predicted molar refractivity (Wildman–Crippen MR) is 73.9 cm³/mol. The minimum atomic E-state index is 0.0508. The average Bonchev–Trinajstić information content (AvgIpc) is 2.74. The van der Waals surface area contributed by atoms with Gasteiger partial charge in [0.1, 0.15) is 5.52 Å². The van der Waals surface area contributed by atoms with Crippen LogP contribution < -0.4 is 0 Å². The SMILES string of the molecule is CC(C)N(C(=O)c1ccc2snnc2c1)C(C)C. The van der Waals surface area contributed by atoms with Crippen molar-refractivity contribution in [2.45, 2.75) is 39.8 Å². The zero-order valence-corrected chi connectivity index (χ0v) is 11.9. The van der Waals surface area contributed by atoms with Gasteiger partial charge < -0.3 is 4.90 Å². The van der Waals surface area contributed by atoms with Crippen molar-refractivity contribution >= 4 is 27.7 Å². The summed E-state index contributed by atoms with van der Waals surface area (Å²) in [6.45, 7) is 8.11. The summed E-state index contributed by atoms with van der Waals surface area (Å²) in [4.78, 5) is 14.4. The number of carbonyl (C=O) groups is 1. The Kier molecular flexibility index (Phi) is 3.61. The van der Waals surface area contributed by atoms with Gasteiger partial charge in [-0.15, -0.1) is 5.10 Å². The van der Waals surface area contributed by atoms with Crippen LogP contribution in [0.1, 0.15) is 38.1 Å². The number of rotatable bonds is 3. The summed E-state index contributed by atoms with van der Waals surface area (Å²) in [5.41, 5.74) is 1.47. The smallest absolute Gasteiger partial charge is 0.254 e. The Morgan fingerprint density at radius 1 is 1.22 bits per heavy atom. The molecule has 18 heavy (non-hydrogen) atoms. The molecule has 0 atom stereocenters. The molecule has 5 heteroatoms. The van der Waals surface area contributed by atoms with E-state index in [0.717, 1.165) is 10.2 Å². The van der Waals surface area contributed by atoms with E-state index in [1.165, 1.54) is 11.5 Å². The number of hydrogen-bond acceptors (Lipinski definition) is 4. The molecule has 4 nitrogen and oxygen atoms in total. The third-order valence-corrected chi connectivity index (χ3v) is 3.55. The minimum Gasteiger partial charge on any atom is -0.334 e. The Labute approximate surface area is 111 Å². The lowest BCUT2D eigenvalue weighted by molar-refractivity contribution is 0.0644. The molecule has 0 saturated heterocycles. The fourth-order valence-electron chi connectivity index (χ4n) is 2.13. The van der Waals surface area contributed by atoms with Crippen molar-refractivity contribution in [3.8, 4) is 0 Å². The molecule has 0 fully saturated rings. The molecule has 1 heterocycles. The summed E-state index contributed by atoms with van der Waals surface area (Å²) < 4.78 is 4.89. The Hall–Kier alpha value is -1.49. The van der Waals surface area contributed by atoms with Gasteiger partial charge in [-0.05, 0) is 57.4 Å². The zero-order valence-electron chi connectivity index (χ0n) is 11.0. The molecule has 0 spiro atoms. The van der Waals surface area contributed by atoms with Crippen molar-refractivity contribution in [1.29, 1.82) is 0 Å². The van der Waals surface area contributed by atoms with Crippen molar-refractivity contribution in [2.24, 2.45) is 0 Å². The van der Waals surface area contributed by atoms with Crippen molar-refractivity contribution in [1.82, 2.24) is 14.5 Å². The highest BCUT2D eigenvalue weighted by molar-refractivity contribution is 7.12. The maximum atomic E-state index is 12.5. The summed E-state index contributed by atoms with van der Waals surface area (Å²) in [5, 5.41) is 4.01. The van der Waals surface area contributed by atoms with E-state index in [1.807, 2.05) is 50.8 Å². The van der Waals surface area contributed by atoms with Crippen LogP contribution in [0.25, 0.3) is 10.2 Å². The lowest BCUT2D eigenvalue weighted by Crippen LogP contribution is -2.42. The minimum absolute atomic E-state index is 0.0508. The van der Waals surface area contributed by atoms with Crippen molar-refractivity contribution in [3.05, 3.63) is 23.8 Å². The van der Waals surface area contributed by atoms with E-state index < -0.39 is 0 Å². The fourth-order valence-corrected chi connectivity index (χ4v) is 2.67. The van der Waals surface area contributed by atoms with Gasteiger partial charge in [-0.3, -0.25) is 4.79 Å². The summed E-state index contributed by atoms with van der Waals surface area (Å²) in [6.07, 6.45) is 0. The maximum Gasteiger partial charge on any atom is 0.254 e. The summed E-state index contributed by atoms with van der Waals surface area (Å²) in [6, 6.07) is 5.94. The number of amides is 1. The molecule has 0 N–H and O–H groups in total. The van der Waals surface area contributed by atoms with Crippen LogP contribution in [0.4, 0.5) is 0 Å². The number of fused-ring (bicyclic) bond motifs is 1. The van der Waals surface area contributed by atoms with Crippen LogP contribution in [-0.2, 0) is 0 Å². The number of benzene rings is 1. The van der Waals surface area contributed by atoms with E-state index in [4.69, 9.17) is 0 Å².